The zero-order chi connectivity index (χ0) is 16.7. The third kappa shape index (κ3) is 2.73. The van der Waals surface area contributed by atoms with E-state index in [0.29, 0.717) is 32.8 Å². The molecule has 4 heterocycles. The number of carbonyl (C=O) groups is 2. The molecular formula is C17H23N3O3S. The summed E-state index contributed by atoms with van der Waals surface area (Å²) in [5.74, 6) is 0.364. The molecule has 0 unspecified atom stereocenters. The van der Waals surface area contributed by atoms with Crippen LogP contribution < -0.4 is 0 Å². The predicted molar refractivity (Wildman–Crippen MR) is 89.4 cm³/mol. The largest absolute Gasteiger partial charge is 0.381 e. The third-order valence-corrected chi connectivity index (χ3v) is 6.39. The summed E-state index contributed by atoms with van der Waals surface area (Å²) in [5, 5.41) is 3.06. The molecule has 3 saturated heterocycles. The number of aryl methyl sites for hydroxylation is 1. The zero-order valence-electron chi connectivity index (χ0n) is 14.0. The van der Waals surface area contributed by atoms with Crippen LogP contribution in [0.25, 0.3) is 0 Å². The van der Waals surface area contributed by atoms with Crippen molar-refractivity contribution in [3.05, 3.63) is 16.1 Å². The lowest BCUT2D eigenvalue weighted by molar-refractivity contribution is -0.138. The van der Waals surface area contributed by atoms with Crippen molar-refractivity contribution in [2.24, 2.45) is 11.3 Å². The van der Waals surface area contributed by atoms with Crippen LogP contribution in [-0.4, -0.2) is 59.4 Å². The van der Waals surface area contributed by atoms with Gasteiger partial charge in [-0.05, 0) is 26.2 Å². The van der Waals surface area contributed by atoms with Gasteiger partial charge < -0.3 is 14.5 Å². The number of ether oxygens (including phenoxy) is 1. The molecule has 0 bridgehead atoms. The van der Waals surface area contributed by atoms with Gasteiger partial charge in [0.25, 0.3) is 0 Å². The van der Waals surface area contributed by atoms with Crippen molar-refractivity contribution in [3.8, 4) is 0 Å². The maximum absolute atomic E-state index is 13.0. The van der Waals surface area contributed by atoms with Crippen molar-refractivity contribution in [3.63, 3.8) is 0 Å². The van der Waals surface area contributed by atoms with Crippen molar-refractivity contribution < 1.29 is 14.3 Å². The Morgan fingerprint density at radius 3 is 3.00 bits per heavy atom. The first-order chi connectivity index (χ1) is 11.6. The number of hydrogen-bond acceptors (Lipinski definition) is 5. The number of hydrogen-bond donors (Lipinski definition) is 0. The molecule has 2 atom stereocenters. The quantitative estimate of drug-likeness (QED) is 0.828. The third-order valence-electron chi connectivity index (χ3n) is 5.56. The number of carbonyl (C=O) groups excluding carboxylic acids is 2. The molecule has 130 valence electrons. The summed E-state index contributed by atoms with van der Waals surface area (Å²) in [6.45, 7) is 5.83. The van der Waals surface area contributed by atoms with Crippen LogP contribution in [0.3, 0.4) is 0 Å². The smallest absolute Gasteiger partial charge is 0.231 e. The van der Waals surface area contributed by atoms with Gasteiger partial charge in [-0.25, -0.2) is 4.98 Å². The summed E-state index contributed by atoms with van der Waals surface area (Å²) in [5.41, 5.74) is 0.608. The van der Waals surface area contributed by atoms with Gasteiger partial charge in [-0.2, -0.15) is 0 Å². The minimum Gasteiger partial charge on any atom is -0.381 e. The van der Waals surface area contributed by atoms with Crippen molar-refractivity contribution in [2.45, 2.75) is 32.7 Å². The van der Waals surface area contributed by atoms with Crippen LogP contribution in [0.2, 0.25) is 0 Å². The Hall–Kier alpha value is -1.47. The summed E-state index contributed by atoms with van der Waals surface area (Å²) in [6.07, 6.45) is 2.45. The van der Waals surface area contributed by atoms with Crippen LogP contribution in [0.15, 0.2) is 5.38 Å². The molecule has 4 rings (SSSR count). The monoisotopic (exact) mass is 349 g/mol. The van der Waals surface area contributed by atoms with E-state index in [1.807, 2.05) is 22.1 Å². The second-order valence-electron chi connectivity index (χ2n) is 7.19. The number of aromatic nitrogens is 1. The van der Waals surface area contributed by atoms with Crippen molar-refractivity contribution in [1.82, 2.24) is 14.8 Å². The Kier molecular flexibility index (Phi) is 4.08. The van der Waals surface area contributed by atoms with E-state index in [-0.39, 0.29) is 23.1 Å². The van der Waals surface area contributed by atoms with Gasteiger partial charge in [-0.3, -0.25) is 9.59 Å². The van der Waals surface area contributed by atoms with Gasteiger partial charge in [0, 0.05) is 31.6 Å². The van der Waals surface area contributed by atoms with E-state index in [4.69, 9.17) is 4.74 Å². The molecule has 2 amide bonds. The molecule has 0 saturated carbocycles. The van der Waals surface area contributed by atoms with Crippen LogP contribution in [0.1, 0.15) is 30.0 Å². The first kappa shape index (κ1) is 16.0. The highest BCUT2D eigenvalue weighted by Gasteiger charge is 2.52. The molecule has 24 heavy (non-hydrogen) atoms. The minimum atomic E-state index is -0.361. The Morgan fingerprint density at radius 2 is 2.29 bits per heavy atom. The minimum absolute atomic E-state index is 0.00857. The van der Waals surface area contributed by atoms with Gasteiger partial charge in [0.1, 0.15) is 0 Å². The molecule has 3 aliphatic rings. The Morgan fingerprint density at radius 1 is 1.46 bits per heavy atom. The summed E-state index contributed by atoms with van der Waals surface area (Å²) in [6, 6.07) is 0. The molecule has 0 N–H and O–H groups in total. The summed E-state index contributed by atoms with van der Waals surface area (Å²) in [4.78, 5) is 33.8. The number of thiazole rings is 1. The molecule has 3 fully saturated rings. The fourth-order valence-corrected chi connectivity index (χ4v) is 4.75. The fraction of sp³-hybridized carbons (Fsp3) is 0.706. The average Bonchev–Trinajstić information content (AvgIpc) is 3.34. The Labute approximate surface area is 145 Å². The molecule has 7 heteroatoms. The first-order valence-corrected chi connectivity index (χ1v) is 9.52. The normalized spacial score (nSPS) is 30.0. The number of rotatable bonds is 3. The molecule has 3 aliphatic heterocycles. The number of likely N-dealkylation sites (tertiary alicyclic amines) is 2. The summed E-state index contributed by atoms with van der Waals surface area (Å²) in [7, 11) is 0. The molecule has 1 aromatic rings. The second-order valence-corrected chi connectivity index (χ2v) is 8.25. The van der Waals surface area contributed by atoms with Crippen molar-refractivity contribution in [2.75, 3.05) is 32.8 Å². The van der Waals surface area contributed by atoms with E-state index >= 15 is 0 Å². The topological polar surface area (TPSA) is 62.7 Å². The lowest BCUT2D eigenvalue weighted by Gasteiger charge is -2.24. The van der Waals surface area contributed by atoms with Crippen LogP contribution in [-0.2, 0) is 20.9 Å². The van der Waals surface area contributed by atoms with E-state index in [1.165, 1.54) is 0 Å². The van der Waals surface area contributed by atoms with Crippen LogP contribution in [0.5, 0.6) is 0 Å². The van der Waals surface area contributed by atoms with Crippen LogP contribution in [0.4, 0.5) is 0 Å². The van der Waals surface area contributed by atoms with Crippen molar-refractivity contribution in [1.29, 1.82) is 0 Å². The fourth-order valence-electron chi connectivity index (χ4n) is 4.15. The van der Waals surface area contributed by atoms with Gasteiger partial charge in [0.2, 0.25) is 11.8 Å². The van der Waals surface area contributed by atoms with Gasteiger partial charge in [0.05, 0.1) is 35.2 Å². The lowest BCUT2D eigenvalue weighted by Crippen LogP contribution is -2.40. The molecular weight excluding hydrogens is 326 g/mol. The van der Waals surface area contributed by atoms with Crippen molar-refractivity contribution >= 4 is 23.2 Å². The maximum Gasteiger partial charge on any atom is 0.231 e. The molecule has 0 aromatic carbocycles. The van der Waals surface area contributed by atoms with E-state index in [0.717, 1.165) is 36.5 Å². The van der Waals surface area contributed by atoms with Crippen LogP contribution in [0, 0.1) is 18.3 Å². The van der Waals surface area contributed by atoms with Crippen LogP contribution >= 0.6 is 11.3 Å². The predicted octanol–water partition coefficient (Wildman–Crippen LogP) is 1.44. The molecule has 1 spiro atoms. The van der Waals surface area contributed by atoms with E-state index in [2.05, 4.69) is 4.98 Å². The number of amides is 2. The Bertz CT molecular complexity index is 655. The van der Waals surface area contributed by atoms with E-state index in [9.17, 15) is 9.59 Å². The van der Waals surface area contributed by atoms with Gasteiger partial charge in [-0.1, -0.05) is 0 Å². The standard InChI is InChI=1S/C17H23N3O3S/c1-12-18-14(10-24-12)8-19-5-3-17(16(19)22)4-6-20(11-17)15(21)13-2-7-23-9-13/h10,13H,2-9,11H2,1H3/t13-,17+/m1/s1. The summed E-state index contributed by atoms with van der Waals surface area (Å²) < 4.78 is 5.33. The maximum atomic E-state index is 13.0. The lowest BCUT2D eigenvalue weighted by atomic mass is 9.85. The highest BCUT2D eigenvalue weighted by Crippen LogP contribution is 2.41. The second kappa shape index (κ2) is 6.11. The Balaban J connectivity index is 1.41. The highest BCUT2D eigenvalue weighted by atomic mass is 32.1. The first-order valence-electron chi connectivity index (χ1n) is 8.64. The summed E-state index contributed by atoms with van der Waals surface area (Å²) >= 11 is 1.62. The van der Waals surface area contributed by atoms with E-state index in [1.54, 1.807) is 11.3 Å². The SMILES string of the molecule is Cc1nc(CN2CC[C@@]3(CCN(C(=O)[C@@H]4CCOC4)C3)C2=O)cs1. The molecule has 1 aromatic heterocycles. The molecule has 6 nitrogen and oxygen atoms in total. The molecule has 0 aliphatic carbocycles. The number of nitrogens with zero attached hydrogens (tertiary/aromatic N) is 3. The van der Waals surface area contributed by atoms with E-state index < -0.39 is 0 Å². The van der Waals surface area contributed by atoms with Gasteiger partial charge in [-0.15, -0.1) is 11.3 Å². The van der Waals surface area contributed by atoms with Gasteiger partial charge >= 0.3 is 0 Å². The highest BCUT2D eigenvalue weighted by molar-refractivity contribution is 7.09. The zero-order valence-corrected chi connectivity index (χ0v) is 14.8. The average molecular weight is 349 g/mol. The van der Waals surface area contributed by atoms with Gasteiger partial charge in [0.15, 0.2) is 0 Å². The molecule has 0 radical (unpaired) electrons.